The van der Waals surface area contributed by atoms with E-state index in [2.05, 4.69) is 4.72 Å². The molecule has 0 saturated carbocycles. The first kappa shape index (κ1) is 18.2. The van der Waals surface area contributed by atoms with Gasteiger partial charge in [0, 0.05) is 16.6 Å². The van der Waals surface area contributed by atoms with Gasteiger partial charge in [0.15, 0.2) is 0 Å². The molecule has 7 heteroatoms. The summed E-state index contributed by atoms with van der Waals surface area (Å²) in [4.78, 5) is -0.0586. The van der Waals surface area contributed by atoms with E-state index in [1.807, 2.05) is 20.8 Å². The van der Waals surface area contributed by atoms with Crippen LogP contribution in [0.2, 0.25) is 5.02 Å². The molecule has 0 amide bonds. The van der Waals surface area contributed by atoms with Crippen LogP contribution < -0.4 is 9.46 Å². The van der Waals surface area contributed by atoms with Crippen molar-refractivity contribution >= 4 is 21.6 Å². The molecule has 0 fully saturated rings. The van der Waals surface area contributed by atoms with E-state index in [-0.39, 0.29) is 34.2 Å². The number of methoxy groups -OCH3 is 1. The van der Waals surface area contributed by atoms with Crippen molar-refractivity contribution in [2.45, 2.75) is 44.7 Å². The Morgan fingerprint density at radius 2 is 2.00 bits per heavy atom. The summed E-state index contributed by atoms with van der Waals surface area (Å²) in [5.41, 5.74) is 0.335. The highest BCUT2D eigenvalue weighted by Gasteiger charge is 2.26. The Morgan fingerprint density at radius 3 is 2.48 bits per heavy atom. The minimum Gasteiger partial charge on any atom is -0.495 e. The summed E-state index contributed by atoms with van der Waals surface area (Å²) >= 11 is 5.93. The molecule has 5 nitrogen and oxygen atoms in total. The molecule has 0 heterocycles. The molecule has 1 aromatic rings. The van der Waals surface area contributed by atoms with Crippen molar-refractivity contribution in [2.24, 2.45) is 5.92 Å². The smallest absolute Gasteiger partial charge is 0.244 e. The first-order valence-corrected chi connectivity index (χ1v) is 8.62. The summed E-state index contributed by atoms with van der Waals surface area (Å²) in [5, 5.41) is 9.55. The number of hydrogen-bond donors (Lipinski definition) is 2. The van der Waals surface area contributed by atoms with E-state index >= 15 is 0 Å². The SMILES string of the molecule is CCC(C)C(C)NS(=O)(=O)c1cc(Cl)cc(CO)c1OC. The maximum Gasteiger partial charge on any atom is 0.244 e. The van der Waals surface area contributed by atoms with Crippen LogP contribution in [0.1, 0.15) is 32.8 Å². The Morgan fingerprint density at radius 1 is 1.38 bits per heavy atom. The van der Waals surface area contributed by atoms with E-state index in [4.69, 9.17) is 16.3 Å². The lowest BCUT2D eigenvalue weighted by atomic mass is 10.0. The van der Waals surface area contributed by atoms with Crippen LogP contribution in [-0.2, 0) is 16.6 Å². The van der Waals surface area contributed by atoms with Gasteiger partial charge in [-0.1, -0.05) is 31.9 Å². The number of ether oxygens (including phenoxy) is 1. The highest BCUT2D eigenvalue weighted by atomic mass is 35.5. The molecule has 2 N–H and O–H groups in total. The van der Waals surface area contributed by atoms with Gasteiger partial charge in [-0.2, -0.15) is 0 Å². The molecular weight excluding hydrogens is 314 g/mol. The number of halogens is 1. The molecule has 2 atom stereocenters. The molecule has 0 aliphatic heterocycles. The lowest BCUT2D eigenvalue weighted by molar-refractivity contribution is 0.272. The minimum absolute atomic E-state index is 0.0586. The third-order valence-electron chi connectivity index (χ3n) is 3.60. The van der Waals surface area contributed by atoms with Gasteiger partial charge in [0.25, 0.3) is 0 Å². The van der Waals surface area contributed by atoms with Crippen molar-refractivity contribution in [3.63, 3.8) is 0 Å². The Labute approximate surface area is 131 Å². The van der Waals surface area contributed by atoms with Gasteiger partial charge >= 0.3 is 0 Å². The van der Waals surface area contributed by atoms with E-state index < -0.39 is 10.0 Å². The molecular formula is C14H22ClNO4S. The molecule has 0 spiro atoms. The van der Waals surface area contributed by atoms with Gasteiger partial charge in [-0.25, -0.2) is 13.1 Å². The summed E-state index contributed by atoms with van der Waals surface area (Å²) in [6.07, 6.45) is 0.859. The van der Waals surface area contributed by atoms with Crippen molar-refractivity contribution < 1.29 is 18.3 Å². The predicted molar refractivity (Wildman–Crippen MR) is 83.2 cm³/mol. The monoisotopic (exact) mass is 335 g/mol. The number of aliphatic hydroxyl groups is 1. The van der Waals surface area contributed by atoms with Gasteiger partial charge in [0.2, 0.25) is 10.0 Å². The minimum atomic E-state index is -3.78. The fourth-order valence-electron chi connectivity index (χ4n) is 1.95. The average Bonchev–Trinajstić information content (AvgIpc) is 2.44. The maximum absolute atomic E-state index is 12.5. The van der Waals surface area contributed by atoms with E-state index in [1.54, 1.807) is 0 Å². The van der Waals surface area contributed by atoms with E-state index in [0.29, 0.717) is 5.56 Å². The van der Waals surface area contributed by atoms with Crippen LogP contribution in [0.3, 0.4) is 0 Å². The van der Waals surface area contributed by atoms with E-state index in [9.17, 15) is 13.5 Å². The second kappa shape index (κ2) is 7.45. The molecule has 21 heavy (non-hydrogen) atoms. The zero-order valence-electron chi connectivity index (χ0n) is 12.7. The fraction of sp³-hybridized carbons (Fsp3) is 0.571. The van der Waals surface area contributed by atoms with Crippen molar-refractivity contribution in [1.29, 1.82) is 0 Å². The first-order chi connectivity index (χ1) is 9.76. The number of rotatable bonds is 7. The van der Waals surface area contributed by atoms with E-state index in [1.165, 1.54) is 19.2 Å². The highest BCUT2D eigenvalue weighted by molar-refractivity contribution is 7.89. The molecule has 0 bridgehead atoms. The Kier molecular flexibility index (Phi) is 6.46. The third kappa shape index (κ3) is 4.32. The molecule has 2 unspecified atom stereocenters. The summed E-state index contributed by atoms with van der Waals surface area (Å²) in [6, 6.07) is 2.59. The number of nitrogens with one attached hydrogen (secondary N) is 1. The summed E-state index contributed by atoms with van der Waals surface area (Å²) in [7, 11) is -2.42. The standard InChI is InChI=1S/C14H22ClNO4S/c1-5-9(2)10(3)16-21(18,19)13-7-12(15)6-11(8-17)14(13)20-4/h6-7,9-10,16-17H,5,8H2,1-4H3. The lowest BCUT2D eigenvalue weighted by Gasteiger charge is -2.21. The van der Waals surface area contributed by atoms with Gasteiger partial charge in [-0.05, 0) is 25.0 Å². The summed E-state index contributed by atoms with van der Waals surface area (Å²) < 4.78 is 32.8. The van der Waals surface area contributed by atoms with Crippen LogP contribution >= 0.6 is 11.6 Å². The molecule has 0 aliphatic carbocycles. The van der Waals surface area contributed by atoms with Gasteiger partial charge in [0.05, 0.1) is 13.7 Å². The zero-order valence-corrected chi connectivity index (χ0v) is 14.3. The molecule has 120 valence electrons. The largest absolute Gasteiger partial charge is 0.495 e. The van der Waals surface area contributed by atoms with Crippen molar-refractivity contribution in [1.82, 2.24) is 4.72 Å². The van der Waals surface area contributed by atoms with Crippen LogP contribution in [0.5, 0.6) is 5.75 Å². The van der Waals surface area contributed by atoms with Crippen LogP contribution in [0, 0.1) is 5.92 Å². The van der Waals surface area contributed by atoms with Crippen LogP contribution in [0.4, 0.5) is 0 Å². The molecule has 0 aliphatic rings. The second-order valence-corrected chi connectivity index (χ2v) is 7.17. The fourth-order valence-corrected chi connectivity index (χ4v) is 3.84. The first-order valence-electron chi connectivity index (χ1n) is 6.76. The Hall–Kier alpha value is -0.820. The number of aliphatic hydroxyl groups excluding tert-OH is 1. The third-order valence-corrected chi connectivity index (χ3v) is 5.38. The van der Waals surface area contributed by atoms with Gasteiger partial charge in [-0.15, -0.1) is 0 Å². The summed E-state index contributed by atoms with van der Waals surface area (Å²) in [6.45, 7) is 5.43. The number of sulfonamides is 1. The Bertz CT molecular complexity index is 589. The molecule has 1 rings (SSSR count). The van der Waals surface area contributed by atoms with Crippen LogP contribution in [-0.4, -0.2) is 26.7 Å². The summed E-state index contributed by atoms with van der Waals surface area (Å²) in [5.74, 6) is 0.313. The van der Waals surface area contributed by atoms with Crippen molar-refractivity contribution in [3.8, 4) is 5.75 Å². The topological polar surface area (TPSA) is 75.6 Å². The van der Waals surface area contributed by atoms with Crippen LogP contribution in [0.25, 0.3) is 0 Å². The normalized spacial score (nSPS) is 14.8. The number of benzene rings is 1. The number of hydrogen-bond acceptors (Lipinski definition) is 4. The van der Waals surface area contributed by atoms with Gasteiger partial charge in [-0.3, -0.25) is 0 Å². The average molecular weight is 336 g/mol. The van der Waals surface area contributed by atoms with Crippen LogP contribution in [0.15, 0.2) is 17.0 Å². The maximum atomic E-state index is 12.5. The molecule has 0 aromatic heterocycles. The van der Waals surface area contributed by atoms with Crippen molar-refractivity contribution in [3.05, 3.63) is 22.7 Å². The quantitative estimate of drug-likeness (QED) is 0.803. The second-order valence-electron chi connectivity index (χ2n) is 5.05. The highest BCUT2D eigenvalue weighted by Crippen LogP contribution is 2.32. The van der Waals surface area contributed by atoms with Gasteiger partial charge < -0.3 is 9.84 Å². The van der Waals surface area contributed by atoms with Gasteiger partial charge in [0.1, 0.15) is 10.6 Å². The molecule has 0 radical (unpaired) electrons. The molecule has 1 aromatic carbocycles. The van der Waals surface area contributed by atoms with Crippen molar-refractivity contribution in [2.75, 3.05) is 7.11 Å². The molecule has 0 saturated heterocycles. The van der Waals surface area contributed by atoms with E-state index in [0.717, 1.165) is 6.42 Å². The predicted octanol–water partition coefficient (Wildman–Crippen LogP) is 2.55. The lowest BCUT2D eigenvalue weighted by Crippen LogP contribution is -2.37. The zero-order chi connectivity index (χ0) is 16.2. The Balaban J connectivity index is 3.28.